The van der Waals surface area contributed by atoms with Gasteiger partial charge in [-0.15, -0.1) is 0 Å². The van der Waals surface area contributed by atoms with Crippen LogP contribution in [0.25, 0.3) is 0 Å². The summed E-state index contributed by atoms with van der Waals surface area (Å²) in [6, 6.07) is 7.05. The van der Waals surface area contributed by atoms with Crippen molar-refractivity contribution in [2.45, 2.75) is 39.8 Å². The van der Waals surface area contributed by atoms with E-state index >= 15 is 0 Å². The maximum Gasteiger partial charge on any atom is 0.408 e. The number of benzene rings is 1. The van der Waals surface area contributed by atoms with Crippen LogP contribution in [0.2, 0.25) is 0 Å². The van der Waals surface area contributed by atoms with E-state index < -0.39 is 11.7 Å². The average Bonchev–Trinajstić information content (AvgIpc) is 2.49. The van der Waals surface area contributed by atoms with E-state index in [1.54, 1.807) is 45.9 Å². The largest absolute Gasteiger partial charge is 0.444 e. The number of hydrogen-bond donors (Lipinski definition) is 3. The molecule has 136 valence electrons. The van der Waals surface area contributed by atoms with E-state index in [1.165, 1.54) is 0 Å². The maximum atomic E-state index is 11.9. The SMILES string of the molecule is C=C(C)C(=O)NCc1cccc(NC(=O)CNC(=O)OC(C)(C)C)c1. The molecule has 0 saturated heterocycles. The molecular weight excluding hydrogens is 322 g/mol. The van der Waals surface area contributed by atoms with Gasteiger partial charge in [-0.1, -0.05) is 18.7 Å². The van der Waals surface area contributed by atoms with Crippen molar-refractivity contribution in [3.05, 3.63) is 42.0 Å². The Morgan fingerprint density at radius 2 is 1.84 bits per heavy atom. The molecule has 3 N–H and O–H groups in total. The summed E-state index contributed by atoms with van der Waals surface area (Å²) < 4.78 is 5.05. The van der Waals surface area contributed by atoms with Crippen molar-refractivity contribution < 1.29 is 19.1 Å². The molecule has 1 aromatic carbocycles. The van der Waals surface area contributed by atoms with Gasteiger partial charge in [-0.05, 0) is 45.4 Å². The van der Waals surface area contributed by atoms with Crippen LogP contribution >= 0.6 is 0 Å². The van der Waals surface area contributed by atoms with E-state index in [4.69, 9.17) is 4.74 Å². The van der Waals surface area contributed by atoms with Crippen LogP contribution in [0.3, 0.4) is 0 Å². The first-order chi connectivity index (χ1) is 11.6. The first kappa shape index (κ1) is 20.2. The monoisotopic (exact) mass is 347 g/mol. The number of anilines is 1. The van der Waals surface area contributed by atoms with Gasteiger partial charge in [0.25, 0.3) is 0 Å². The molecule has 3 amide bonds. The summed E-state index contributed by atoms with van der Waals surface area (Å²) in [5.74, 6) is -0.606. The number of nitrogens with one attached hydrogen (secondary N) is 3. The second-order valence-electron chi connectivity index (χ2n) is 6.57. The molecule has 0 aliphatic rings. The zero-order chi connectivity index (χ0) is 19.0. The standard InChI is InChI=1S/C18H25N3O4/c1-12(2)16(23)19-10-13-7-6-8-14(9-13)21-15(22)11-20-17(24)25-18(3,4)5/h6-9H,1,10-11H2,2-5H3,(H,19,23)(H,20,24)(H,21,22). The van der Waals surface area contributed by atoms with Crippen molar-refractivity contribution in [1.82, 2.24) is 10.6 Å². The summed E-state index contributed by atoms with van der Waals surface area (Å²) in [6.45, 7) is 10.5. The molecule has 7 nitrogen and oxygen atoms in total. The van der Waals surface area contributed by atoms with Gasteiger partial charge in [-0.25, -0.2) is 4.79 Å². The molecule has 0 aliphatic heterocycles. The molecule has 0 bridgehead atoms. The van der Waals surface area contributed by atoms with Gasteiger partial charge in [-0.2, -0.15) is 0 Å². The molecule has 1 rings (SSSR count). The molecule has 0 aromatic heterocycles. The highest BCUT2D eigenvalue weighted by atomic mass is 16.6. The minimum Gasteiger partial charge on any atom is -0.444 e. The van der Waals surface area contributed by atoms with Gasteiger partial charge in [0.1, 0.15) is 12.1 Å². The quantitative estimate of drug-likeness (QED) is 0.688. The van der Waals surface area contributed by atoms with Crippen molar-refractivity contribution in [1.29, 1.82) is 0 Å². The molecule has 0 atom stereocenters. The molecule has 0 aliphatic carbocycles. The van der Waals surface area contributed by atoms with E-state index in [-0.39, 0.29) is 18.4 Å². The van der Waals surface area contributed by atoms with Gasteiger partial charge in [0.15, 0.2) is 0 Å². The highest BCUT2D eigenvalue weighted by Gasteiger charge is 2.16. The molecule has 0 fully saturated rings. The maximum absolute atomic E-state index is 11.9. The van der Waals surface area contributed by atoms with Crippen molar-refractivity contribution in [3.63, 3.8) is 0 Å². The summed E-state index contributed by atoms with van der Waals surface area (Å²) in [7, 11) is 0. The van der Waals surface area contributed by atoms with Crippen molar-refractivity contribution in [2.75, 3.05) is 11.9 Å². The Hall–Kier alpha value is -2.83. The van der Waals surface area contributed by atoms with Crippen LogP contribution in [-0.2, 0) is 20.9 Å². The number of alkyl carbamates (subject to hydrolysis) is 1. The Morgan fingerprint density at radius 3 is 2.44 bits per heavy atom. The van der Waals surface area contributed by atoms with Crippen LogP contribution in [0, 0.1) is 0 Å². The van der Waals surface area contributed by atoms with Gasteiger partial charge in [0, 0.05) is 17.8 Å². The minimum atomic E-state index is -0.654. The summed E-state index contributed by atoms with van der Waals surface area (Å²) in [5, 5.41) is 7.77. The van der Waals surface area contributed by atoms with Crippen LogP contribution in [0.4, 0.5) is 10.5 Å². The van der Waals surface area contributed by atoms with Crippen LogP contribution in [0.15, 0.2) is 36.4 Å². The number of rotatable bonds is 6. The fourth-order valence-corrected chi connectivity index (χ4v) is 1.76. The van der Waals surface area contributed by atoms with Gasteiger partial charge in [-0.3, -0.25) is 9.59 Å². The molecule has 0 heterocycles. The second-order valence-corrected chi connectivity index (χ2v) is 6.57. The van der Waals surface area contributed by atoms with E-state index in [1.807, 2.05) is 6.07 Å². The first-order valence-electron chi connectivity index (χ1n) is 7.86. The third-order valence-corrected chi connectivity index (χ3v) is 2.84. The normalized spacial score (nSPS) is 10.6. The Labute approximate surface area is 147 Å². The lowest BCUT2D eigenvalue weighted by Gasteiger charge is -2.19. The lowest BCUT2D eigenvalue weighted by molar-refractivity contribution is -0.117. The van der Waals surface area contributed by atoms with Gasteiger partial charge in [0.05, 0.1) is 0 Å². The molecule has 1 aromatic rings. The van der Waals surface area contributed by atoms with E-state index in [0.29, 0.717) is 17.8 Å². The van der Waals surface area contributed by atoms with Crippen LogP contribution in [-0.4, -0.2) is 30.1 Å². The fraction of sp³-hybridized carbons (Fsp3) is 0.389. The van der Waals surface area contributed by atoms with Gasteiger partial charge < -0.3 is 20.7 Å². The highest BCUT2D eigenvalue weighted by molar-refractivity contribution is 5.94. The predicted molar refractivity (Wildman–Crippen MR) is 96.0 cm³/mol. The molecule has 25 heavy (non-hydrogen) atoms. The molecular formula is C18H25N3O4. The number of ether oxygens (including phenoxy) is 1. The lowest BCUT2D eigenvalue weighted by Crippen LogP contribution is -2.37. The van der Waals surface area contributed by atoms with Crippen molar-refractivity contribution in [2.24, 2.45) is 0 Å². The Morgan fingerprint density at radius 1 is 1.16 bits per heavy atom. The topological polar surface area (TPSA) is 96.5 Å². The third kappa shape index (κ3) is 8.55. The van der Waals surface area contributed by atoms with Crippen LogP contribution < -0.4 is 16.0 Å². The average molecular weight is 347 g/mol. The predicted octanol–water partition coefficient (Wildman–Crippen LogP) is 2.34. The summed E-state index contributed by atoms with van der Waals surface area (Å²) in [4.78, 5) is 34.9. The molecule has 7 heteroatoms. The number of carbonyl (C=O) groups is 3. The van der Waals surface area contributed by atoms with E-state index in [2.05, 4.69) is 22.5 Å². The zero-order valence-electron chi connectivity index (χ0n) is 15.1. The fourth-order valence-electron chi connectivity index (χ4n) is 1.76. The summed E-state index contributed by atoms with van der Waals surface area (Å²) in [5.41, 5.74) is 1.20. The molecule has 0 spiro atoms. The Bertz CT molecular complexity index is 663. The Balaban J connectivity index is 2.49. The molecule has 0 saturated carbocycles. The van der Waals surface area contributed by atoms with Crippen LogP contribution in [0.5, 0.6) is 0 Å². The van der Waals surface area contributed by atoms with Gasteiger partial charge in [0.2, 0.25) is 11.8 Å². The zero-order valence-corrected chi connectivity index (χ0v) is 15.1. The lowest BCUT2D eigenvalue weighted by atomic mass is 10.2. The number of carbonyl (C=O) groups excluding carboxylic acids is 3. The number of hydrogen-bond acceptors (Lipinski definition) is 4. The Kier molecular flexibility index (Phi) is 7.17. The summed E-state index contributed by atoms with van der Waals surface area (Å²) in [6.07, 6.45) is -0.654. The van der Waals surface area contributed by atoms with Crippen molar-refractivity contribution >= 4 is 23.6 Å². The highest BCUT2D eigenvalue weighted by Crippen LogP contribution is 2.11. The minimum absolute atomic E-state index is 0.203. The molecule has 0 unspecified atom stereocenters. The first-order valence-corrected chi connectivity index (χ1v) is 7.86. The van der Waals surface area contributed by atoms with Crippen molar-refractivity contribution in [3.8, 4) is 0 Å². The van der Waals surface area contributed by atoms with Crippen LogP contribution in [0.1, 0.15) is 33.3 Å². The summed E-state index contributed by atoms with van der Waals surface area (Å²) >= 11 is 0. The van der Waals surface area contributed by atoms with E-state index in [9.17, 15) is 14.4 Å². The second kappa shape index (κ2) is 8.86. The van der Waals surface area contributed by atoms with E-state index in [0.717, 1.165) is 5.56 Å². The third-order valence-electron chi connectivity index (χ3n) is 2.84. The smallest absolute Gasteiger partial charge is 0.408 e. The van der Waals surface area contributed by atoms with Gasteiger partial charge >= 0.3 is 6.09 Å². The number of amides is 3. The molecule has 0 radical (unpaired) electrons.